The zero-order valence-corrected chi connectivity index (χ0v) is 6.09. The Labute approximate surface area is 65.6 Å². The van der Waals surface area contributed by atoms with Gasteiger partial charge in [-0.05, 0) is 0 Å². The van der Waals surface area contributed by atoms with Crippen LogP contribution in [0.5, 0.6) is 0 Å². The number of nitrogens with two attached hydrogens (primary N) is 1. The SMILES string of the molecule is NC(=O)c1nnsc1NC=O. The van der Waals surface area contributed by atoms with Gasteiger partial charge in [0, 0.05) is 11.5 Å². The molecule has 0 fully saturated rings. The van der Waals surface area contributed by atoms with E-state index in [1.807, 2.05) is 0 Å². The standard InChI is InChI=1S/C4H4N4O2S/c5-3(10)2-4(6-1-9)11-8-7-2/h1H,(H2,5,10)(H,6,9). The fraction of sp³-hybridized carbons (Fsp3) is 0. The first-order valence-corrected chi connectivity index (χ1v) is 3.35. The molecule has 1 aromatic rings. The third kappa shape index (κ3) is 1.49. The van der Waals surface area contributed by atoms with Crippen LogP contribution in [0.25, 0.3) is 0 Å². The van der Waals surface area contributed by atoms with Crippen LogP contribution in [0.3, 0.4) is 0 Å². The third-order valence-corrected chi connectivity index (χ3v) is 1.57. The second kappa shape index (κ2) is 3.06. The average Bonchev–Trinajstić information content (AvgIpc) is 2.36. The Hall–Kier alpha value is -1.50. The van der Waals surface area contributed by atoms with Gasteiger partial charge in [0.1, 0.15) is 5.00 Å². The van der Waals surface area contributed by atoms with Gasteiger partial charge in [-0.15, -0.1) is 5.10 Å². The molecule has 58 valence electrons. The Balaban J connectivity index is 2.95. The molecule has 1 aromatic heterocycles. The van der Waals surface area contributed by atoms with Gasteiger partial charge in [0.05, 0.1) is 0 Å². The van der Waals surface area contributed by atoms with E-state index in [9.17, 15) is 9.59 Å². The third-order valence-electron chi connectivity index (χ3n) is 0.911. The van der Waals surface area contributed by atoms with E-state index in [2.05, 4.69) is 14.9 Å². The summed E-state index contributed by atoms with van der Waals surface area (Å²) < 4.78 is 3.43. The monoisotopic (exact) mass is 172 g/mol. The van der Waals surface area contributed by atoms with E-state index in [-0.39, 0.29) is 10.7 Å². The maximum absolute atomic E-state index is 10.5. The number of nitrogens with one attached hydrogen (secondary N) is 1. The molecule has 2 amide bonds. The van der Waals surface area contributed by atoms with E-state index in [1.54, 1.807) is 0 Å². The van der Waals surface area contributed by atoms with E-state index < -0.39 is 5.91 Å². The largest absolute Gasteiger partial charge is 0.364 e. The number of hydrogen-bond acceptors (Lipinski definition) is 5. The number of amides is 2. The molecule has 0 bridgehead atoms. The maximum Gasteiger partial charge on any atom is 0.272 e. The summed E-state index contributed by atoms with van der Waals surface area (Å²) in [6.07, 6.45) is 0.432. The summed E-state index contributed by atoms with van der Waals surface area (Å²) >= 11 is 0.898. The fourth-order valence-electron chi connectivity index (χ4n) is 0.500. The van der Waals surface area contributed by atoms with E-state index >= 15 is 0 Å². The Kier molecular flexibility index (Phi) is 2.12. The lowest BCUT2D eigenvalue weighted by molar-refractivity contribution is -0.105. The van der Waals surface area contributed by atoms with Crippen molar-refractivity contribution in [3.63, 3.8) is 0 Å². The molecule has 1 heterocycles. The van der Waals surface area contributed by atoms with Gasteiger partial charge in [0.25, 0.3) is 5.91 Å². The number of carbonyl (C=O) groups is 2. The zero-order valence-electron chi connectivity index (χ0n) is 5.27. The van der Waals surface area contributed by atoms with Crippen LogP contribution in [0, 0.1) is 0 Å². The van der Waals surface area contributed by atoms with Crippen LogP contribution in [-0.2, 0) is 4.79 Å². The summed E-state index contributed by atoms with van der Waals surface area (Å²) in [7, 11) is 0. The number of nitrogens with zero attached hydrogens (tertiary/aromatic N) is 2. The van der Waals surface area contributed by atoms with Crippen LogP contribution < -0.4 is 11.1 Å². The molecule has 1 rings (SSSR count). The van der Waals surface area contributed by atoms with E-state index in [4.69, 9.17) is 5.73 Å². The van der Waals surface area contributed by atoms with Crippen LogP contribution in [0.15, 0.2) is 0 Å². The summed E-state index contributed by atoms with van der Waals surface area (Å²) in [4.78, 5) is 20.5. The van der Waals surface area contributed by atoms with Crippen LogP contribution >= 0.6 is 11.5 Å². The molecular formula is C4H4N4O2S. The number of carbonyl (C=O) groups excluding carboxylic acids is 2. The highest BCUT2D eigenvalue weighted by Gasteiger charge is 2.11. The van der Waals surface area contributed by atoms with Crippen molar-refractivity contribution in [2.75, 3.05) is 5.32 Å². The van der Waals surface area contributed by atoms with Gasteiger partial charge in [-0.2, -0.15) is 0 Å². The van der Waals surface area contributed by atoms with Gasteiger partial charge < -0.3 is 11.1 Å². The van der Waals surface area contributed by atoms with Crippen LogP contribution in [0.2, 0.25) is 0 Å². The molecule has 0 saturated carbocycles. The summed E-state index contributed by atoms with van der Waals surface area (Å²) in [5.74, 6) is -0.705. The second-order valence-electron chi connectivity index (χ2n) is 1.58. The van der Waals surface area contributed by atoms with Crippen LogP contribution in [-0.4, -0.2) is 21.9 Å². The highest BCUT2D eigenvalue weighted by Crippen LogP contribution is 2.15. The molecule has 0 aliphatic heterocycles. The van der Waals surface area contributed by atoms with Gasteiger partial charge in [-0.1, -0.05) is 4.49 Å². The van der Waals surface area contributed by atoms with E-state index in [0.29, 0.717) is 6.41 Å². The Morgan fingerprint density at radius 2 is 2.45 bits per heavy atom. The average molecular weight is 172 g/mol. The summed E-state index contributed by atoms with van der Waals surface area (Å²) in [5.41, 5.74) is 4.89. The lowest BCUT2D eigenvalue weighted by atomic mass is 10.4. The highest BCUT2D eigenvalue weighted by molar-refractivity contribution is 7.10. The maximum atomic E-state index is 10.5. The topological polar surface area (TPSA) is 98.0 Å². The molecule has 0 spiro atoms. The number of anilines is 1. The molecule has 0 aliphatic rings. The van der Waals surface area contributed by atoms with E-state index in [0.717, 1.165) is 11.5 Å². The van der Waals surface area contributed by atoms with Gasteiger partial charge >= 0.3 is 0 Å². The van der Waals surface area contributed by atoms with Crippen LogP contribution in [0.1, 0.15) is 10.5 Å². The van der Waals surface area contributed by atoms with Gasteiger partial charge in [0.15, 0.2) is 5.69 Å². The zero-order chi connectivity index (χ0) is 8.27. The lowest BCUT2D eigenvalue weighted by Gasteiger charge is -1.90. The minimum Gasteiger partial charge on any atom is -0.364 e. The number of primary amides is 1. The van der Waals surface area contributed by atoms with Gasteiger partial charge in [-0.25, -0.2) is 0 Å². The molecule has 6 nitrogen and oxygen atoms in total. The summed E-state index contributed by atoms with van der Waals surface area (Å²) in [6.45, 7) is 0. The van der Waals surface area contributed by atoms with Crippen molar-refractivity contribution in [1.82, 2.24) is 9.59 Å². The van der Waals surface area contributed by atoms with Crippen molar-refractivity contribution in [1.29, 1.82) is 0 Å². The normalized spacial score (nSPS) is 9.09. The van der Waals surface area contributed by atoms with Crippen molar-refractivity contribution < 1.29 is 9.59 Å². The Bertz CT molecular complexity index is 283. The molecule has 11 heavy (non-hydrogen) atoms. The molecule has 0 radical (unpaired) electrons. The number of rotatable bonds is 3. The minimum absolute atomic E-state index is 0.0119. The number of aromatic nitrogens is 2. The van der Waals surface area contributed by atoms with Crippen LogP contribution in [0.4, 0.5) is 5.00 Å². The molecular weight excluding hydrogens is 168 g/mol. The van der Waals surface area contributed by atoms with Crippen molar-refractivity contribution in [2.45, 2.75) is 0 Å². The first-order chi connectivity index (χ1) is 5.25. The van der Waals surface area contributed by atoms with Gasteiger partial charge in [0.2, 0.25) is 6.41 Å². The summed E-state index contributed by atoms with van der Waals surface area (Å²) in [5, 5.41) is 5.93. The minimum atomic E-state index is -0.705. The lowest BCUT2D eigenvalue weighted by Crippen LogP contribution is -2.13. The Morgan fingerprint density at radius 1 is 1.73 bits per heavy atom. The first-order valence-electron chi connectivity index (χ1n) is 2.58. The van der Waals surface area contributed by atoms with Crippen molar-refractivity contribution in [3.05, 3.63) is 5.69 Å². The highest BCUT2D eigenvalue weighted by atomic mass is 32.1. The molecule has 0 atom stereocenters. The van der Waals surface area contributed by atoms with E-state index in [1.165, 1.54) is 0 Å². The fourth-order valence-corrected chi connectivity index (χ4v) is 1.03. The smallest absolute Gasteiger partial charge is 0.272 e. The molecule has 3 N–H and O–H groups in total. The number of hydrogen-bond donors (Lipinski definition) is 2. The van der Waals surface area contributed by atoms with Gasteiger partial charge in [-0.3, -0.25) is 9.59 Å². The van der Waals surface area contributed by atoms with Crippen molar-refractivity contribution >= 4 is 28.9 Å². The Morgan fingerprint density at radius 3 is 3.00 bits per heavy atom. The molecule has 0 aliphatic carbocycles. The first kappa shape index (κ1) is 7.61. The molecule has 0 unspecified atom stereocenters. The second-order valence-corrected chi connectivity index (χ2v) is 2.33. The summed E-state index contributed by atoms with van der Waals surface area (Å²) in [6, 6.07) is 0. The van der Waals surface area contributed by atoms with Crippen molar-refractivity contribution in [3.8, 4) is 0 Å². The quantitative estimate of drug-likeness (QED) is 0.583. The molecule has 0 saturated heterocycles. The molecule has 0 aromatic carbocycles. The predicted molar refractivity (Wildman–Crippen MR) is 38.1 cm³/mol. The van der Waals surface area contributed by atoms with Crippen molar-refractivity contribution in [2.24, 2.45) is 5.73 Å². The predicted octanol–water partition coefficient (Wildman–Crippen LogP) is -0.795. The molecule has 7 heteroatoms.